The molecule has 0 amide bonds. The Bertz CT molecular complexity index is 476. The molecule has 2 aliphatic heterocycles. The lowest BCUT2D eigenvalue weighted by atomic mass is 10.0. The fraction of sp³-hybridized carbons (Fsp3) is 0.500. The molecule has 102 valence electrons. The fourth-order valence-electron chi connectivity index (χ4n) is 3.23. The van der Waals surface area contributed by atoms with E-state index in [0.29, 0.717) is 18.5 Å². The highest BCUT2D eigenvalue weighted by atomic mass is 19.3. The van der Waals surface area contributed by atoms with Gasteiger partial charge in [-0.3, -0.25) is 4.79 Å². The lowest BCUT2D eigenvalue weighted by Crippen LogP contribution is -2.43. The number of alkyl halides is 2. The van der Waals surface area contributed by atoms with Crippen LogP contribution in [0.4, 0.5) is 14.5 Å². The van der Waals surface area contributed by atoms with E-state index in [0.717, 1.165) is 12.8 Å². The highest BCUT2D eigenvalue weighted by Crippen LogP contribution is 2.42. The van der Waals surface area contributed by atoms with Gasteiger partial charge in [0.05, 0.1) is 5.69 Å². The molecule has 0 radical (unpaired) electrons. The second kappa shape index (κ2) is 4.79. The Morgan fingerprint density at radius 1 is 1.16 bits per heavy atom. The number of piperidine rings is 1. The molecule has 19 heavy (non-hydrogen) atoms. The molecular weight excluding hydrogens is 252 g/mol. The third kappa shape index (κ3) is 2.29. The van der Waals surface area contributed by atoms with Gasteiger partial charge in [-0.15, -0.1) is 0 Å². The highest BCUT2D eigenvalue weighted by molar-refractivity contribution is 5.83. The van der Waals surface area contributed by atoms with Crippen molar-refractivity contribution >= 4 is 11.5 Å². The summed E-state index contributed by atoms with van der Waals surface area (Å²) in [4.78, 5) is 13.7. The Kier molecular flexibility index (Phi) is 3.12. The molecule has 2 bridgehead atoms. The normalized spacial score (nSPS) is 26.1. The van der Waals surface area contributed by atoms with Gasteiger partial charge in [0.15, 0.2) is 0 Å². The Labute approximate surface area is 110 Å². The maximum Gasteiger partial charge on any atom is 0.387 e. The second-order valence-electron chi connectivity index (χ2n) is 5.09. The van der Waals surface area contributed by atoms with Crippen LogP contribution < -0.4 is 9.64 Å². The van der Waals surface area contributed by atoms with Crippen LogP contribution in [-0.4, -0.2) is 24.5 Å². The summed E-state index contributed by atoms with van der Waals surface area (Å²) in [5.74, 6) is 0.472. The largest absolute Gasteiger partial charge is 0.433 e. The van der Waals surface area contributed by atoms with Crippen molar-refractivity contribution in [2.45, 2.75) is 44.4 Å². The number of fused-ring (bicyclic) bond motifs is 2. The first kappa shape index (κ1) is 12.4. The van der Waals surface area contributed by atoms with Gasteiger partial charge >= 0.3 is 6.61 Å². The van der Waals surface area contributed by atoms with Crippen molar-refractivity contribution in [3.05, 3.63) is 24.3 Å². The maximum absolute atomic E-state index is 12.4. The van der Waals surface area contributed by atoms with Gasteiger partial charge in [-0.05, 0) is 25.0 Å². The molecular formula is C14H15F2NO2. The van der Waals surface area contributed by atoms with Crippen LogP contribution in [0.5, 0.6) is 5.75 Å². The quantitative estimate of drug-likeness (QED) is 0.843. The summed E-state index contributed by atoms with van der Waals surface area (Å²) in [5.41, 5.74) is 0.683. The summed E-state index contributed by atoms with van der Waals surface area (Å²) in [6.07, 6.45) is 2.91. The standard InChI is InChI=1S/C14H15F2NO2/c15-14(16)19-13-4-2-1-3-12(13)17-9-5-6-10(17)8-11(18)7-9/h1-4,9-10,14H,5-8H2. The van der Waals surface area contributed by atoms with Gasteiger partial charge in [-0.1, -0.05) is 12.1 Å². The summed E-state index contributed by atoms with van der Waals surface area (Å²) in [5, 5.41) is 0. The van der Waals surface area contributed by atoms with Crippen LogP contribution in [0, 0.1) is 0 Å². The summed E-state index contributed by atoms with van der Waals surface area (Å²) in [7, 11) is 0. The smallest absolute Gasteiger partial charge is 0.387 e. The molecule has 2 unspecified atom stereocenters. The van der Waals surface area contributed by atoms with E-state index >= 15 is 0 Å². The molecule has 2 saturated heterocycles. The molecule has 2 atom stereocenters. The third-order valence-electron chi connectivity index (χ3n) is 3.91. The molecule has 1 aromatic carbocycles. The van der Waals surface area contributed by atoms with Gasteiger partial charge in [-0.2, -0.15) is 8.78 Å². The van der Waals surface area contributed by atoms with E-state index in [1.54, 1.807) is 18.2 Å². The van der Waals surface area contributed by atoms with Crippen molar-refractivity contribution in [2.75, 3.05) is 4.90 Å². The molecule has 2 aliphatic rings. The first-order chi connectivity index (χ1) is 9.15. The number of halogens is 2. The number of anilines is 1. The van der Waals surface area contributed by atoms with Crippen LogP contribution in [-0.2, 0) is 4.79 Å². The van der Waals surface area contributed by atoms with Crippen LogP contribution in [0.2, 0.25) is 0 Å². The molecule has 0 aromatic heterocycles. The van der Waals surface area contributed by atoms with E-state index in [4.69, 9.17) is 0 Å². The maximum atomic E-state index is 12.4. The monoisotopic (exact) mass is 267 g/mol. The number of rotatable bonds is 3. The number of hydrogen-bond acceptors (Lipinski definition) is 3. The van der Waals surface area contributed by atoms with Crippen molar-refractivity contribution in [3.8, 4) is 5.75 Å². The summed E-state index contributed by atoms with van der Waals surface area (Å²) < 4.78 is 29.5. The molecule has 0 saturated carbocycles. The van der Waals surface area contributed by atoms with Gasteiger partial charge in [0.2, 0.25) is 0 Å². The number of hydrogen-bond donors (Lipinski definition) is 0. The Balaban J connectivity index is 1.92. The zero-order valence-electron chi connectivity index (χ0n) is 10.4. The minimum absolute atomic E-state index is 0.133. The molecule has 2 heterocycles. The first-order valence-corrected chi connectivity index (χ1v) is 6.49. The topological polar surface area (TPSA) is 29.5 Å². The zero-order chi connectivity index (χ0) is 13.4. The zero-order valence-corrected chi connectivity index (χ0v) is 10.4. The molecule has 1 aromatic rings. The second-order valence-corrected chi connectivity index (χ2v) is 5.09. The predicted molar refractivity (Wildman–Crippen MR) is 66.6 cm³/mol. The van der Waals surface area contributed by atoms with Crippen molar-refractivity contribution < 1.29 is 18.3 Å². The van der Waals surface area contributed by atoms with Crippen molar-refractivity contribution in [1.29, 1.82) is 0 Å². The summed E-state index contributed by atoms with van der Waals surface area (Å²) in [6.45, 7) is -2.83. The van der Waals surface area contributed by atoms with Gasteiger partial charge in [0.25, 0.3) is 0 Å². The van der Waals surface area contributed by atoms with Gasteiger partial charge in [0, 0.05) is 24.9 Å². The Morgan fingerprint density at radius 2 is 1.79 bits per heavy atom. The minimum Gasteiger partial charge on any atom is -0.433 e. The SMILES string of the molecule is O=C1CC2CCC(C1)N2c1ccccc1OC(F)F. The number of carbonyl (C=O) groups is 1. The molecule has 3 nitrogen and oxygen atoms in total. The van der Waals surface area contributed by atoms with Crippen LogP contribution in [0.25, 0.3) is 0 Å². The van der Waals surface area contributed by atoms with E-state index in [1.807, 2.05) is 6.07 Å². The van der Waals surface area contributed by atoms with Gasteiger partial charge in [-0.25, -0.2) is 0 Å². The number of Topliss-reactive ketones (excluding diaryl/α,β-unsaturated/α-hetero) is 1. The number of para-hydroxylation sites is 2. The predicted octanol–water partition coefficient (Wildman–Crippen LogP) is 2.99. The summed E-state index contributed by atoms with van der Waals surface area (Å²) >= 11 is 0. The number of ether oxygens (including phenoxy) is 1. The Morgan fingerprint density at radius 3 is 2.42 bits per heavy atom. The Hall–Kier alpha value is -1.65. The van der Waals surface area contributed by atoms with E-state index in [2.05, 4.69) is 9.64 Å². The van der Waals surface area contributed by atoms with E-state index in [-0.39, 0.29) is 23.6 Å². The average molecular weight is 267 g/mol. The average Bonchev–Trinajstić information content (AvgIpc) is 2.62. The minimum atomic E-state index is -2.83. The van der Waals surface area contributed by atoms with E-state index < -0.39 is 6.61 Å². The van der Waals surface area contributed by atoms with Crippen LogP contribution >= 0.6 is 0 Å². The van der Waals surface area contributed by atoms with Crippen LogP contribution in [0.15, 0.2) is 24.3 Å². The van der Waals surface area contributed by atoms with Crippen LogP contribution in [0.3, 0.4) is 0 Å². The van der Waals surface area contributed by atoms with Crippen molar-refractivity contribution in [3.63, 3.8) is 0 Å². The highest BCUT2D eigenvalue weighted by Gasteiger charge is 2.41. The first-order valence-electron chi connectivity index (χ1n) is 6.49. The van der Waals surface area contributed by atoms with Gasteiger partial charge < -0.3 is 9.64 Å². The lowest BCUT2D eigenvalue weighted by Gasteiger charge is -2.36. The van der Waals surface area contributed by atoms with Crippen molar-refractivity contribution in [2.24, 2.45) is 0 Å². The number of nitrogens with zero attached hydrogens (tertiary/aromatic N) is 1. The van der Waals surface area contributed by atoms with Crippen LogP contribution in [0.1, 0.15) is 25.7 Å². The summed E-state index contributed by atoms with van der Waals surface area (Å²) in [6, 6.07) is 7.10. The van der Waals surface area contributed by atoms with Gasteiger partial charge in [0.1, 0.15) is 11.5 Å². The number of benzene rings is 1. The van der Waals surface area contributed by atoms with E-state index in [9.17, 15) is 13.6 Å². The van der Waals surface area contributed by atoms with E-state index in [1.165, 1.54) is 0 Å². The molecule has 0 spiro atoms. The molecule has 0 N–H and O–H groups in total. The number of carbonyl (C=O) groups excluding carboxylic acids is 1. The fourth-order valence-corrected chi connectivity index (χ4v) is 3.23. The molecule has 3 rings (SSSR count). The molecule has 2 fully saturated rings. The third-order valence-corrected chi connectivity index (χ3v) is 3.91. The van der Waals surface area contributed by atoms with Crippen molar-refractivity contribution in [1.82, 2.24) is 0 Å². The molecule has 5 heteroatoms. The molecule has 0 aliphatic carbocycles. The lowest BCUT2D eigenvalue weighted by molar-refractivity contribution is -0.120. The number of ketones is 1.